The second-order valence-corrected chi connectivity index (χ2v) is 3.68. The molecule has 88 valence electrons. The fraction of sp³-hybridized carbons (Fsp3) is 0.556. The maximum absolute atomic E-state index is 13.6. The van der Waals surface area contributed by atoms with E-state index >= 15 is 0 Å². The number of hydrogen-bond acceptors (Lipinski definition) is 4. The van der Waals surface area contributed by atoms with Gasteiger partial charge in [0.25, 0.3) is 5.56 Å². The highest BCUT2D eigenvalue weighted by atomic mass is 19.1. The number of H-pyrrole nitrogens is 1. The summed E-state index contributed by atoms with van der Waals surface area (Å²) in [6.07, 6.45) is -3.72. The maximum Gasteiger partial charge on any atom is 0.330 e. The molecule has 0 aliphatic carbocycles. The highest BCUT2D eigenvalue weighted by molar-refractivity contribution is 4.92. The van der Waals surface area contributed by atoms with Gasteiger partial charge in [-0.1, -0.05) is 0 Å². The van der Waals surface area contributed by atoms with Crippen molar-refractivity contribution in [1.82, 2.24) is 9.55 Å². The summed E-state index contributed by atoms with van der Waals surface area (Å²) in [6.45, 7) is 1.51. The Morgan fingerprint density at radius 3 is 2.75 bits per heavy atom. The molecule has 7 heteroatoms. The molecule has 2 N–H and O–H groups in total. The van der Waals surface area contributed by atoms with E-state index in [1.54, 1.807) is 0 Å². The Bertz CT molecular complexity index is 497. The summed E-state index contributed by atoms with van der Waals surface area (Å²) in [7, 11) is 0. The van der Waals surface area contributed by atoms with Gasteiger partial charge >= 0.3 is 5.69 Å². The molecule has 0 radical (unpaired) electrons. The minimum Gasteiger partial charge on any atom is -0.387 e. The van der Waals surface area contributed by atoms with Crippen molar-refractivity contribution < 1.29 is 14.2 Å². The van der Waals surface area contributed by atoms with E-state index in [2.05, 4.69) is 0 Å². The van der Waals surface area contributed by atoms with E-state index in [0.29, 0.717) is 0 Å². The molecule has 1 fully saturated rings. The topological polar surface area (TPSA) is 84.3 Å². The standard InChI is InChI=1S/C9H11FN2O4/c1-4-7(14)6(10)8(16-4)12-3-2-5(13)11-9(12)15/h2-4,6-8,14H,1H3,(H,11,13,15)/t4-,6?,7+,8-/m1/s1. The Hall–Kier alpha value is -1.47. The van der Waals surface area contributed by atoms with E-state index in [4.69, 9.17) is 4.74 Å². The summed E-state index contributed by atoms with van der Waals surface area (Å²) >= 11 is 0. The van der Waals surface area contributed by atoms with E-state index in [1.807, 2.05) is 4.98 Å². The first kappa shape index (κ1) is 11.0. The molecule has 16 heavy (non-hydrogen) atoms. The van der Waals surface area contributed by atoms with Crippen LogP contribution in [0.2, 0.25) is 0 Å². The van der Waals surface area contributed by atoms with Crippen LogP contribution in [0, 0.1) is 0 Å². The monoisotopic (exact) mass is 230 g/mol. The van der Waals surface area contributed by atoms with Gasteiger partial charge in [-0.2, -0.15) is 0 Å². The first-order valence-corrected chi connectivity index (χ1v) is 4.80. The van der Waals surface area contributed by atoms with Gasteiger partial charge in [-0.05, 0) is 6.92 Å². The molecule has 2 heterocycles. The van der Waals surface area contributed by atoms with Gasteiger partial charge in [0, 0.05) is 12.3 Å². The predicted octanol–water partition coefficient (Wildman–Crippen LogP) is -0.847. The zero-order valence-corrected chi connectivity index (χ0v) is 8.46. The van der Waals surface area contributed by atoms with Crippen LogP contribution < -0.4 is 11.2 Å². The fourth-order valence-electron chi connectivity index (χ4n) is 1.65. The third kappa shape index (κ3) is 1.68. The van der Waals surface area contributed by atoms with Gasteiger partial charge in [0.1, 0.15) is 6.10 Å². The normalized spacial score (nSPS) is 34.2. The number of rotatable bonds is 1. The lowest BCUT2D eigenvalue weighted by Gasteiger charge is -2.14. The molecule has 0 aromatic carbocycles. The summed E-state index contributed by atoms with van der Waals surface area (Å²) in [5.74, 6) is 0. The second kappa shape index (κ2) is 3.84. The number of ether oxygens (including phenoxy) is 1. The molecule has 0 spiro atoms. The predicted molar refractivity (Wildman–Crippen MR) is 51.8 cm³/mol. The van der Waals surface area contributed by atoms with Crippen molar-refractivity contribution in [3.8, 4) is 0 Å². The molecule has 0 saturated carbocycles. The van der Waals surface area contributed by atoms with Crippen LogP contribution in [0.4, 0.5) is 4.39 Å². The van der Waals surface area contributed by atoms with Crippen molar-refractivity contribution in [2.75, 3.05) is 0 Å². The van der Waals surface area contributed by atoms with Crippen molar-refractivity contribution in [2.24, 2.45) is 0 Å². The van der Waals surface area contributed by atoms with Crippen LogP contribution in [0.3, 0.4) is 0 Å². The van der Waals surface area contributed by atoms with Crippen LogP contribution in [0.5, 0.6) is 0 Å². The van der Waals surface area contributed by atoms with E-state index in [1.165, 1.54) is 6.92 Å². The number of aromatic amines is 1. The highest BCUT2D eigenvalue weighted by Crippen LogP contribution is 2.30. The van der Waals surface area contributed by atoms with Crippen LogP contribution in [0.1, 0.15) is 13.2 Å². The summed E-state index contributed by atoms with van der Waals surface area (Å²) < 4.78 is 19.6. The molecule has 1 aliphatic rings. The zero-order valence-electron chi connectivity index (χ0n) is 8.46. The molecule has 0 amide bonds. The molecule has 1 aromatic rings. The van der Waals surface area contributed by atoms with Gasteiger partial charge in [-0.3, -0.25) is 14.3 Å². The summed E-state index contributed by atoms with van der Waals surface area (Å²) in [6, 6.07) is 1.09. The van der Waals surface area contributed by atoms with Crippen molar-refractivity contribution in [3.63, 3.8) is 0 Å². The van der Waals surface area contributed by atoms with Gasteiger partial charge in [-0.15, -0.1) is 0 Å². The summed E-state index contributed by atoms with van der Waals surface area (Å²) in [5, 5.41) is 9.36. The number of alkyl halides is 1. The van der Waals surface area contributed by atoms with Crippen LogP contribution in [0.25, 0.3) is 0 Å². The second-order valence-electron chi connectivity index (χ2n) is 3.68. The van der Waals surface area contributed by atoms with Crippen molar-refractivity contribution in [3.05, 3.63) is 33.1 Å². The van der Waals surface area contributed by atoms with E-state index in [0.717, 1.165) is 16.8 Å². The first-order chi connectivity index (χ1) is 7.50. The van der Waals surface area contributed by atoms with Crippen LogP contribution in [-0.4, -0.2) is 33.0 Å². The lowest BCUT2D eigenvalue weighted by atomic mass is 10.2. The van der Waals surface area contributed by atoms with Crippen molar-refractivity contribution >= 4 is 0 Å². The average molecular weight is 230 g/mol. The van der Waals surface area contributed by atoms with E-state index in [-0.39, 0.29) is 0 Å². The quantitative estimate of drug-likeness (QED) is 0.658. The molecule has 1 unspecified atom stereocenters. The molecule has 1 saturated heterocycles. The Balaban J connectivity index is 2.39. The summed E-state index contributed by atoms with van der Waals surface area (Å²) in [5.41, 5.74) is -1.33. The zero-order chi connectivity index (χ0) is 11.9. The maximum atomic E-state index is 13.6. The molecular weight excluding hydrogens is 219 g/mol. The highest BCUT2D eigenvalue weighted by Gasteiger charge is 2.43. The number of aromatic nitrogens is 2. The number of aliphatic hydroxyl groups excluding tert-OH is 1. The molecule has 6 nitrogen and oxygen atoms in total. The van der Waals surface area contributed by atoms with Crippen LogP contribution in [-0.2, 0) is 4.74 Å². The molecular formula is C9H11FN2O4. The lowest BCUT2D eigenvalue weighted by Crippen LogP contribution is -2.35. The van der Waals surface area contributed by atoms with Crippen molar-refractivity contribution in [2.45, 2.75) is 31.5 Å². The summed E-state index contributed by atoms with van der Waals surface area (Å²) in [4.78, 5) is 24.2. The molecule has 4 atom stereocenters. The smallest absolute Gasteiger partial charge is 0.330 e. The van der Waals surface area contributed by atoms with Gasteiger partial charge in [0.15, 0.2) is 12.4 Å². The average Bonchev–Trinajstić information content (AvgIpc) is 2.46. The molecule has 1 aliphatic heterocycles. The molecule has 2 rings (SSSR count). The SMILES string of the molecule is C[C@H]1O[C@@H](n2ccc(=O)[nH]c2=O)C(F)[C@H]1O. The van der Waals surface area contributed by atoms with Gasteiger partial charge < -0.3 is 9.84 Å². The minimum absolute atomic E-state index is 0.566. The van der Waals surface area contributed by atoms with Crippen LogP contribution in [0.15, 0.2) is 21.9 Å². The van der Waals surface area contributed by atoms with Crippen molar-refractivity contribution in [1.29, 1.82) is 0 Å². The Morgan fingerprint density at radius 2 is 2.25 bits per heavy atom. The van der Waals surface area contributed by atoms with Crippen LogP contribution >= 0.6 is 0 Å². The molecule has 1 aromatic heterocycles. The first-order valence-electron chi connectivity index (χ1n) is 4.80. The fourth-order valence-corrected chi connectivity index (χ4v) is 1.65. The number of aliphatic hydroxyl groups is 1. The Kier molecular flexibility index (Phi) is 2.64. The lowest BCUT2D eigenvalue weighted by molar-refractivity contribution is -0.0185. The number of hydrogen-bond donors (Lipinski definition) is 2. The molecule has 0 bridgehead atoms. The third-order valence-electron chi connectivity index (χ3n) is 2.56. The Morgan fingerprint density at radius 1 is 1.56 bits per heavy atom. The third-order valence-corrected chi connectivity index (χ3v) is 2.56. The largest absolute Gasteiger partial charge is 0.387 e. The minimum atomic E-state index is -1.70. The van der Waals surface area contributed by atoms with E-state index in [9.17, 15) is 19.1 Å². The van der Waals surface area contributed by atoms with Gasteiger partial charge in [-0.25, -0.2) is 9.18 Å². The number of nitrogens with one attached hydrogen (secondary N) is 1. The van der Waals surface area contributed by atoms with Gasteiger partial charge in [0.05, 0.1) is 6.10 Å². The Labute approximate surface area is 89.3 Å². The van der Waals surface area contributed by atoms with E-state index < -0.39 is 35.9 Å². The number of nitrogens with zero attached hydrogens (tertiary/aromatic N) is 1. The number of halogens is 1. The van der Waals surface area contributed by atoms with Gasteiger partial charge in [0.2, 0.25) is 0 Å².